The summed E-state index contributed by atoms with van der Waals surface area (Å²) in [5, 5.41) is 5.96. The van der Waals surface area contributed by atoms with Crippen LogP contribution in [0.4, 0.5) is 5.69 Å². The molecule has 0 bridgehead atoms. The molecule has 2 aromatic rings. The summed E-state index contributed by atoms with van der Waals surface area (Å²) in [6, 6.07) is 9.62. The minimum Gasteiger partial charge on any atom is -0.351 e. The second-order valence-corrected chi connectivity index (χ2v) is 10.4. The number of rotatable bonds is 7. The molecule has 2 amide bonds. The normalized spacial score (nSPS) is 11.8. The highest BCUT2D eigenvalue weighted by Gasteiger charge is 2.21. The standard InChI is InChI=1S/C22H28ClN3O4S/c1-14-13-19(15(2)12-18(14)23)31(29,30)25-11-10-24-20(27)16-6-8-17(9-7-16)26-21(28)22(3,4)5/h6-9,12-13,25H,10-11H2,1-5H3,(H,24,27)(H,26,28). The highest BCUT2D eigenvalue weighted by Crippen LogP contribution is 2.23. The molecule has 31 heavy (non-hydrogen) atoms. The number of amides is 2. The van der Waals surface area contributed by atoms with Gasteiger partial charge in [-0.25, -0.2) is 13.1 Å². The van der Waals surface area contributed by atoms with E-state index in [-0.39, 0.29) is 29.8 Å². The summed E-state index contributed by atoms with van der Waals surface area (Å²) in [6.07, 6.45) is 0. The molecule has 0 unspecified atom stereocenters. The molecule has 0 atom stereocenters. The number of benzene rings is 2. The molecule has 2 rings (SSSR count). The van der Waals surface area contributed by atoms with E-state index in [1.165, 1.54) is 6.07 Å². The molecule has 2 aromatic carbocycles. The van der Waals surface area contributed by atoms with Gasteiger partial charge < -0.3 is 10.6 Å². The Labute approximate surface area is 188 Å². The largest absolute Gasteiger partial charge is 0.351 e. The van der Waals surface area contributed by atoms with Crippen molar-refractivity contribution in [2.45, 2.75) is 39.5 Å². The predicted octanol–water partition coefficient (Wildman–Crippen LogP) is 3.65. The van der Waals surface area contributed by atoms with Gasteiger partial charge in [-0.05, 0) is 61.4 Å². The topological polar surface area (TPSA) is 104 Å². The Morgan fingerprint density at radius 3 is 2.16 bits per heavy atom. The van der Waals surface area contributed by atoms with Gasteiger partial charge in [-0.2, -0.15) is 0 Å². The van der Waals surface area contributed by atoms with E-state index in [0.29, 0.717) is 27.4 Å². The van der Waals surface area contributed by atoms with Crippen LogP contribution in [0.2, 0.25) is 5.02 Å². The lowest BCUT2D eigenvalue weighted by molar-refractivity contribution is -0.123. The van der Waals surface area contributed by atoms with Crippen LogP contribution in [0.1, 0.15) is 42.3 Å². The maximum atomic E-state index is 12.5. The van der Waals surface area contributed by atoms with Gasteiger partial charge in [0, 0.05) is 34.8 Å². The van der Waals surface area contributed by atoms with Crippen LogP contribution >= 0.6 is 11.6 Å². The number of halogens is 1. The van der Waals surface area contributed by atoms with Crippen molar-refractivity contribution in [3.05, 3.63) is 58.1 Å². The minimum absolute atomic E-state index is 0.0366. The van der Waals surface area contributed by atoms with Crippen molar-refractivity contribution in [1.82, 2.24) is 10.0 Å². The van der Waals surface area contributed by atoms with Gasteiger partial charge >= 0.3 is 0 Å². The van der Waals surface area contributed by atoms with Gasteiger partial charge in [0.15, 0.2) is 0 Å². The molecule has 0 saturated heterocycles. The number of hydrogen-bond donors (Lipinski definition) is 3. The molecule has 0 aliphatic carbocycles. The monoisotopic (exact) mass is 465 g/mol. The van der Waals surface area contributed by atoms with E-state index in [9.17, 15) is 18.0 Å². The minimum atomic E-state index is -3.72. The number of carbonyl (C=O) groups excluding carboxylic acids is 2. The third kappa shape index (κ3) is 6.78. The maximum Gasteiger partial charge on any atom is 0.251 e. The van der Waals surface area contributed by atoms with Crippen LogP contribution < -0.4 is 15.4 Å². The molecule has 0 radical (unpaired) electrons. The van der Waals surface area contributed by atoms with Gasteiger partial charge in [0.2, 0.25) is 15.9 Å². The van der Waals surface area contributed by atoms with Crippen LogP contribution in [0.3, 0.4) is 0 Å². The van der Waals surface area contributed by atoms with Crippen molar-refractivity contribution in [2.75, 3.05) is 18.4 Å². The lowest BCUT2D eigenvalue weighted by atomic mass is 9.95. The Morgan fingerprint density at radius 2 is 1.58 bits per heavy atom. The van der Waals surface area contributed by atoms with Crippen molar-refractivity contribution in [2.24, 2.45) is 5.41 Å². The van der Waals surface area contributed by atoms with Crippen molar-refractivity contribution in [3.63, 3.8) is 0 Å². The number of nitrogens with one attached hydrogen (secondary N) is 3. The third-order valence-electron chi connectivity index (χ3n) is 4.53. The van der Waals surface area contributed by atoms with E-state index >= 15 is 0 Å². The van der Waals surface area contributed by atoms with Gasteiger partial charge in [-0.3, -0.25) is 9.59 Å². The van der Waals surface area contributed by atoms with Gasteiger partial charge in [0.25, 0.3) is 5.91 Å². The maximum absolute atomic E-state index is 12.5. The van der Waals surface area contributed by atoms with Crippen LogP contribution in [0.5, 0.6) is 0 Å². The first-order valence-corrected chi connectivity index (χ1v) is 11.6. The molecule has 0 heterocycles. The van der Waals surface area contributed by atoms with Crippen molar-refractivity contribution in [3.8, 4) is 0 Å². The third-order valence-corrected chi connectivity index (χ3v) is 6.54. The Morgan fingerprint density at radius 1 is 0.968 bits per heavy atom. The molecule has 0 fully saturated rings. The molecule has 9 heteroatoms. The molecule has 0 saturated carbocycles. The van der Waals surface area contributed by atoms with Crippen LogP contribution in [0.25, 0.3) is 0 Å². The van der Waals surface area contributed by atoms with E-state index in [0.717, 1.165) is 0 Å². The SMILES string of the molecule is Cc1cc(S(=O)(=O)NCCNC(=O)c2ccc(NC(=O)C(C)(C)C)cc2)c(C)cc1Cl. The summed E-state index contributed by atoms with van der Waals surface area (Å²) in [4.78, 5) is 24.5. The molecule has 7 nitrogen and oxygen atoms in total. The molecular weight excluding hydrogens is 438 g/mol. The van der Waals surface area contributed by atoms with Crippen molar-refractivity contribution < 1.29 is 18.0 Å². The fourth-order valence-electron chi connectivity index (χ4n) is 2.61. The smallest absolute Gasteiger partial charge is 0.251 e. The quantitative estimate of drug-likeness (QED) is 0.543. The van der Waals surface area contributed by atoms with Crippen LogP contribution in [-0.2, 0) is 14.8 Å². The zero-order valence-corrected chi connectivity index (χ0v) is 19.9. The number of carbonyl (C=O) groups is 2. The van der Waals surface area contributed by atoms with Crippen LogP contribution in [-0.4, -0.2) is 33.3 Å². The summed E-state index contributed by atoms with van der Waals surface area (Å²) < 4.78 is 27.5. The summed E-state index contributed by atoms with van der Waals surface area (Å²) in [7, 11) is -3.72. The summed E-state index contributed by atoms with van der Waals surface area (Å²) >= 11 is 6.03. The molecule has 168 valence electrons. The zero-order valence-electron chi connectivity index (χ0n) is 18.3. The van der Waals surface area contributed by atoms with E-state index in [1.807, 2.05) is 20.8 Å². The van der Waals surface area contributed by atoms with Gasteiger partial charge in [0.1, 0.15) is 0 Å². The molecule has 0 aromatic heterocycles. The Balaban J connectivity index is 1.89. The average molecular weight is 466 g/mol. The number of aryl methyl sites for hydroxylation is 2. The second-order valence-electron chi connectivity index (χ2n) is 8.30. The molecule has 0 aliphatic heterocycles. The fraction of sp³-hybridized carbons (Fsp3) is 0.364. The average Bonchev–Trinajstić information content (AvgIpc) is 2.67. The molecule has 0 aliphatic rings. The van der Waals surface area contributed by atoms with Crippen LogP contribution in [0.15, 0.2) is 41.3 Å². The van der Waals surface area contributed by atoms with E-state index in [2.05, 4.69) is 15.4 Å². The first kappa shape index (κ1) is 24.8. The molecule has 3 N–H and O–H groups in total. The predicted molar refractivity (Wildman–Crippen MR) is 123 cm³/mol. The number of sulfonamides is 1. The number of anilines is 1. The van der Waals surface area contributed by atoms with Gasteiger partial charge in [-0.15, -0.1) is 0 Å². The fourth-order valence-corrected chi connectivity index (χ4v) is 4.17. The number of hydrogen-bond acceptors (Lipinski definition) is 4. The van der Waals surface area contributed by atoms with E-state index in [1.54, 1.807) is 44.2 Å². The lowest BCUT2D eigenvalue weighted by Crippen LogP contribution is -2.35. The van der Waals surface area contributed by atoms with Crippen LogP contribution in [0, 0.1) is 19.3 Å². The first-order valence-electron chi connectivity index (χ1n) is 9.77. The van der Waals surface area contributed by atoms with E-state index < -0.39 is 15.4 Å². The van der Waals surface area contributed by atoms with E-state index in [4.69, 9.17) is 11.6 Å². The van der Waals surface area contributed by atoms with Crippen molar-refractivity contribution >= 4 is 39.1 Å². The highest BCUT2D eigenvalue weighted by molar-refractivity contribution is 7.89. The Bertz CT molecular complexity index is 1080. The Hall–Kier alpha value is -2.42. The summed E-state index contributed by atoms with van der Waals surface area (Å²) in [6.45, 7) is 9.01. The summed E-state index contributed by atoms with van der Waals surface area (Å²) in [5.74, 6) is -0.463. The van der Waals surface area contributed by atoms with Gasteiger partial charge in [0.05, 0.1) is 4.90 Å². The summed E-state index contributed by atoms with van der Waals surface area (Å²) in [5.41, 5.74) is 1.69. The Kier molecular flexibility index (Phi) is 7.86. The zero-order chi connectivity index (χ0) is 23.4. The van der Waals surface area contributed by atoms with Crippen molar-refractivity contribution in [1.29, 1.82) is 0 Å². The van der Waals surface area contributed by atoms with Gasteiger partial charge in [-0.1, -0.05) is 32.4 Å². The lowest BCUT2D eigenvalue weighted by Gasteiger charge is -2.17. The second kappa shape index (κ2) is 9.80. The molecule has 0 spiro atoms. The first-order chi connectivity index (χ1) is 14.3. The highest BCUT2D eigenvalue weighted by atomic mass is 35.5. The molecular formula is C22H28ClN3O4S.